The summed E-state index contributed by atoms with van der Waals surface area (Å²) in [7, 11) is 0. The monoisotopic (exact) mass is 272 g/mol. The molecule has 4 nitrogen and oxygen atoms in total. The number of carbonyl (C=O) groups excluding carboxylic acids is 1. The number of hydrogen-bond donors (Lipinski definition) is 2. The quantitative estimate of drug-likeness (QED) is 0.902. The van der Waals surface area contributed by atoms with E-state index in [-0.39, 0.29) is 5.91 Å². The van der Waals surface area contributed by atoms with E-state index in [1.807, 2.05) is 30.3 Å². The van der Waals surface area contributed by atoms with E-state index in [4.69, 9.17) is 0 Å². The second-order valence-electron chi connectivity index (χ2n) is 6.02. The first-order valence-corrected chi connectivity index (χ1v) is 6.61. The van der Waals surface area contributed by atoms with E-state index < -0.39 is 11.1 Å². The summed E-state index contributed by atoms with van der Waals surface area (Å²) in [6.07, 6.45) is 1.62. The first-order chi connectivity index (χ1) is 9.22. The predicted molar refractivity (Wildman–Crippen MR) is 79.6 cm³/mol. The minimum atomic E-state index is -1.03. The number of aliphatic hydroxyl groups is 1. The molecule has 20 heavy (non-hydrogen) atoms. The van der Waals surface area contributed by atoms with Gasteiger partial charge in [-0.2, -0.15) is 0 Å². The van der Waals surface area contributed by atoms with Crippen LogP contribution in [0.4, 0.5) is 0 Å². The average molecular weight is 272 g/mol. The van der Waals surface area contributed by atoms with E-state index in [9.17, 15) is 9.90 Å². The highest BCUT2D eigenvalue weighted by atomic mass is 16.3. The molecule has 0 fully saturated rings. The number of aromatic nitrogens is 1. The average Bonchev–Trinajstić information content (AvgIpc) is 2.36. The van der Waals surface area contributed by atoms with Crippen LogP contribution in [0.3, 0.4) is 0 Å². The van der Waals surface area contributed by atoms with E-state index in [1.54, 1.807) is 33.9 Å². The molecule has 0 bridgehead atoms. The third-order valence-corrected chi connectivity index (χ3v) is 3.84. The number of pyridine rings is 1. The zero-order valence-electron chi connectivity index (χ0n) is 12.3. The number of fused-ring (bicyclic) bond motifs is 1. The van der Waals surface area contributed by atoms with Crippen LogP contribution in [0.2, 0.25) is 0 Å². The maximum absolute atomic E-state index is 12.4. The summed E-state index contributed by atoms with van der Waals surface area (Å²) in [5, 5.41) is 14.7. The van der Waals surface area contributed by atoms with Gasteiger partial charge >= 0.3 is 0 Å². The molecule has 0 unspecified atom stereocenters. The summed E-state index contributed by atoms with van der Waals surface area (Å²) in [4.78, 5) is 16.6. The number of benzene rings is 1. The lowest BCUT2D eigenvalue weighted by Crippen LogP contribution is -2.57. The summed E-state index contributed by atoms with van der Waals surface area (Å²) < 4.78 is 0. The van der Waals surface area contributed by atoms with Gasteiger partial charge in [-0.3, -0.25) is 9.78 Å². The fourth-order valence-electron chi connectivity index (χ4n) is 1.80. The molecule has 0 saturated heterocycles. The van der Waals surface area contributed by atoms with Gasteiger partial charge in [0.2, 0.25) is 0 Å². The molecule has 0 saturated carbocycles. The van der Waals surface area contributed by atoms with Crippen LogP contribution in [-0.2, 0) is 0 Å². The van der Waals surface area contributed by atoms with Gasteiger partial charge in [0, 0.05) is 11.6 Å². The molecule has 4 heteroatoms. The molecule has 0 spiro atoms. The van der Waals surface area contributed by atoms with E-state index >= 15 is 0 Å². The van der Waals surface area contributed by atoms with Crippen molar-refractivity contribution in [2.45, 2.75) is 38.8 Å². The lowest BCUT2D eigenvalue weighted by Gasteiger charge is -2.37. The second-order valence-corrected chi connectivity index (χ2v) is 6.02. The van der Waals surface area contributed by atoms with Gasteiger partial charge < -0.3 is 10.4 Å². The van der Waals surface area contributed by atoms with Crippen LogP contribution in [0.1, 0.15) is 38.2 Å². The predicted octanol–water partition coefficient (Wildman–Crippen LogP) is 2.51. The molecule has 0 radical (unpaired) electrons. The summed E-state index contributed by atoms with van der Waals surface area (Å²) >= 11 is 0. The highest BCUT2D eigenvalue weighted by Crippen LogP contribution is 2.22. The highest BCUT2D eigenvalue weighted by Gasteiger charge is 2.36. The molecule has 0 aliphatic heterocycles. The third kappa shape index (κ3) is 2.65. The number of amides is 1. The summed E-state index contributed by atoms with van der Waals surface area (Å²) in [5.41, 5.74) is -1.42. The molecule has 1 heterocycles. The standard InChI is InChI=1S/C16H20N2O2/c1-15(2,16(3,4)20)18-14(19)13-12-8-6-5-7-11(12)9-10-17-13/h5-10,20H,1-4H3,(H,18,19). The number of carbonyl (C=O) groups is 1. The van der Waals surface area contributed by atoms with E-state index in [0.717, 1.165) is 10.8 Å². The van der Waals surface area contributed by atoms with Crippen LogP contribution in [-0.4, -0.2) is 27.1 Å². The molecule has 1 amide bonds. The largest absolute Gasteiger partial charge is 0.388 e. The van der Waals surface area contributed by atoms with Crippen molar-refractivity contribution < 1.29 is 9.90 Å². The van der Waals surface area contributed by atoms with Crippen molar-refractivity contribution in [2.75, 3.05) is 0 Å². The van der Waals surface area contributed by atoms with Gasteiger partial charge in [0.1, 0.15) is 5.69 Å². The lowest BCUT2D eigenvalue weighted by molar-refractivity contribution is -0.00298. The maximum atomic E-state index is 12.4. The molecule has 1 aromatic carbocycles. The maximum Gasteiger partial charge on any atom is 0.271 e. The van der Waals surface area contributed by atoms with E-state index in [1.165, 1.54) is 0 Å². The van der Waals surface area contributed by atoms with Crippen LogP contribution >= 0.6 is 0 Å². The Morgan fingerprint density at radius 3 is 2.45 bits per heavy atom. The fraction of sp³-hybridized carbons (Fsp3) is 0.375. The molecular formula is C16H20N2O2. The highest BCUT2D eigenvalue weighted by molar-refractivity contribution is 6.05. The topological polar surface area (TPSA) is 62.2 Å². The lowest BCUT2D eigenvalue weighted by atomic mass is 9.86. The van der Waals surface area contributed by atoms with Crippen molar-refractivity contribution in [1.29, 1.82) is 0 Å². The first-order valence-electron chi connectivity index (χ1n) is 6.61. The third-order valence-electron chi connectivity index (χ3n) is 3.84. The summed E-state index contributed by atoms with van der Waals surface area (Å²) in [5.74, 6) is -0.283. The van der Waals surface area contributed by atoms with Gasteiger partial charge in [-0.05, 0) is 39.1 Å². The first kappa shape index (κ1) is 14.5. The Hall–Kier alpha value is -1.94. The molecule has 2 N–H and O–H groups in total. The van der Waals surface area contributed by atoms with Crippen molar-refractivity contribution in [1.82, 2.24) is 10.3 Å². The van der Waals surface area contributed by atoms with Crippen LogP contribution in [0.5, 0.6) is 0 Å². The van der Waals surface area contributed by atoms with Gasteiger partial charge in [0.25, 0.3) is 5.91 Å². The van der Waals surface area contributed by atoms with Crippen molar-refractivity contribution in [3.63, 3.8) is 0 Å². The van der Waals surface area contributed by atoms with Crippen LogP contribution in [0.15, 0.2) is 36.5 Å². The van der Waals surface area contributed by atoms with E-state index in [0.29, 0.717) is 5.69 Å². The molecular weight excluding hydrogens is 252 g/mol. The normalized spacial score (nSPS) is 12.4. The molecule has 1 aromatic heterocycles. The van der Waals surface area contributed by atoms with Crippen molar-refractivity contribution in [3.8, 4) is 0 Å². The summed E-state index contributed by atoms with van der Waals surface area (Å²) in [6, 6.07) is 9.48. The number of nitrogens with one attached hydrogen (secondary N) is 1. The van der Waals surface area contributed by atoms with Crippen molar-refractivity contribution in [2.24, 2.45) is 0 Å². The minimum Gasteiger partial charge on any atom is -0.388 e. The fourth-order valence-corrected chi connectivity index (χ4v) is 1.80. The molecule has 0 aliphatic rings. The number of nitrogens with zero attached hydrogens (tertiary/aromatic N) is 1. The van der Waals surface area contributed by atoms with E-state index in [2.05, 4.69) is 10.3 Å². The van der Waals surface area contributed by atoms with Gasteiger partial charge in [0.15, 0.2) is 0 Å². The molecule has 2 aromatic rings. The smallest absolute Gasteiger partial charge is 0.271 e. The Bertz CT molecular complexity index is 637. The van der Waals surface area contributed by atoms with Crippen molar-refractivity contribution >= 4 is 16.7 Å². The Balaban J connectivity index is 2.38. The van der Waals surface area contributed by atoms with Crippen LogP contribution in [0.25, 0.3) is 10.8 Å². The summed E-state index contributed by atoms with van der Waals surface area (Å²) in [6.45, 7) is 6.92. The zero-order valence-corrected chi connectivity index (χ0v) is 12.3. The van der Waals surface area contributed by atoms with Gasteiger partial charge in [-0.25, -0.2) is 0 Å². The Morgan fingerprint density at radius 1 is 1.15 bits per heavy atom. The minimum absolute atomic E-state index is 0.283. The SMILES string of the molecule is CC(C)(O)C(C)(C)NC(=O)c1nccc2ccccc12. The Morgan fingerprint density at radius 2 is 1.80 bits per heavy atom. The number of hydrogen-bond acceptors (Lipinski definition) is 3. The molecule has 106 valence electrons. The van der Waals surface area contributed by atoms with Crippen molar-refractivity contribution in [3.05, 3.63) is 42.2 Å². The molecule has 0 aliphatic carbocycles. The number of rotatable bonds is 3. The molecule has 2 rings (SSSR count). The van der Waals surface area contributed by atoms with Gasteiger partial charge in [-0.15, -0.1) is 0 Å². The van der Waals surface area contributed by atoms with Crippen LogP contribution < -0.4 is 5.32 Å². The molecule has 0 atom stereocenters. The Labute approximate surface area is 118 Å². The van der Waals surface area contributed by atoms with Crippen LogP contribution in [0, 0.1) is 0 Å². The Kier molecular flexibility index (Phi) is 3.52. The second kappa shape index (κ2) is 4.87. The van der Waals surface area contributed by atoms with Gasteiger partial charge in [-0.1, -0.05) is 24.3 Å². The van der Waals surface area contributed by atoms with Gasteiger partial charge in [0.05, 0.1) is 11.1 Å². The zero-order chi connectivity index (χ0) is 15.0.